The molecule has 10 nitrogen and oxygen atoms in total. The number of carbonyl (C=O) groups excluding carboxylic acids is 1. The van der Waals surface area contributed by atoms with Crippen LogP contribution in [0.4, 0.5) is 26.7 Å². The largest absolute Gasteiger partial charge is 0.465 e. The average Bonchev–Trinajstić information content (AvgIpc) is 3.30. The topological polar surface area (TPSA) is 125 Å². The number of amides is 2. The molecule has 1 unspecified atom stereocenters. The minimum absolute atomic E-state index is 0.0774. The van der Waals surface area contributed by atoms with E-state index in [1.807, 2.05) is 4.90 Å². The predicted octanol–water partition coefficient (Wildman–Crippen LogP) is 6.24. The van der Waals surface area contributed by atoms with Crippen molar-refractivity contribution in [2.75, 3.05) is 29.9 Å². The van der Waals surface area contributed by atoms with Gasteiger partial charge in [-0.3, -0.25) is 15.4 Å². The van der Waals surface area contributed by atoms with Crippen molar-refractivity contribution in [2.45, 2.75) is 64.5 Å². The highest BCUT2D eigenvalue weighted by Gasteiger charge is 2.32. The van der Waals surface area contributed by atoms with E-state index in [1.165, 1.54) is 17.0 Å². The SMILES string of the molecule is CC(C)(C)OC(=O)Nc1cccc(C#Cc2cc([N+](=O)[O-])ccc2N2CCC(N(CC[Si](C)(C)C)C(=O)O)C2)c1. The standard InChI is InChI=1S/C29H38N4O6Si/c1-29(2,3)39-27(34)30-23-9-7-8-21(18-23)10-11-22-19-24(33(37)38)12-13-26(22)31-15-14-25(20-31)32(28(35)36)16-17-40(4,5)6/h7-9,12-13,18-19,25H,14-17,20H2,1-6H3,(H,30,34)(H,35,36). The first-order chi connectivity index (χ1) is 18.6. The van der Waals surface area contributed by atoms with Gasteiger partial charge in [0.1, 0.15) is 5.60 Å². The van der Waals surface area contributed by atoms with Crippen LogP contribution >= 0.6 is 0 Å². The number of nitrogens with zero attached hydrogens (tertiary/aromatic N) is 3. The summed E-state index contributed by atoms with van der Waals surface area (Å²) in [5.41, 5.74) is 1.60. The maximum Gasteiger partial charge on any atom is 0.412 e. The summed E-state index contributed by atoms with van der Waals surface area (Å²) in [6.07, 6.45) is -0.837. The molecule has 11 heteroatoms. The lowest BCUT2D eigenvalue weighted by Gasteiger charge is -2.29. The van der Waals surface area contributed by atoms with E-state index in [2.05, 4.69) is 36.8 Å². The van der Waals surface area contributed by atoms with Crippen molar-refractivity contribution in [1.82, 2.24) is 4.90 Å². The number of anilines is 2. The van der Waals surface area contributed by atoms with Gasteiger partial charge in [0, 0.05) is 51.1 Å². The van der Waals surface area contributed by atoms with E-state index < -0.39 is 30.8 Å². The number of carboxylic acid groups (broad SMARTS) is 1. The van der Waals surface area contributed by atoms with Crippen LogP contribution in [0, 0.1) is 22.0 Å². The van der Waals surface area contributed by atoms with E-state index in [0.717, 1.165) is 11.7 Å². The van der Waals surface area contributed by atoms with Crippen LogP contribution in [-0.2, 0) is 4.74 Å². The molecule has 214 valence electrons. The molecular weight excluding hydrogens is 528 g/mol. The van der Waals surface area contributed by atoms with Gasteiger partial charge in [-0.2, -0.15) is 0 Å². The number of hydrogen-bond acceptors (Lipinski definition) is 6. The number of hydrogen-bond donors (Lipinski definition) is 2. The van der Waals surface area contributed by atoms with E-state index in [-0.39, 0.29) is 11.7 Å². The van der Waals surface area contributed by atoms with Crippen LogP contribution in [0.25, 0.3) is 0 Å². The first-order valence-corrected chi connectivity index (χ1v) is 17.0. The van der Waals surface area contributed by atoms with Crippen molar-refractivity contribution in [2.24, 2.45) is 0 Å². The van der Waals surface area contributed by atoms with Crippen LogP contribution in [0.3, 0.4) is 0 Å². The normalized spacial score (nSPS) is 15.2. The minimum atomic E-state index is -1.42. The lowest BCUT2D eigenvalue weighted by atomic mass is 10.1. The first-order valence-electron chi connectivity index (χ1n) is 13.3. The molecule has 2 aromatic carbocycles. The lowest BCUT2D eigenvalue weighted by molar-refractivity contribution is -0.384. The second kappa shape index (κ2) is 12.4. The van der Waals surface area contributed by atoms with Crippen molar-refractivity contribution in [3.63, 3.8) is 0 Å². The van der Waals surface area contributed by atoms with Gasteiger partial charge >= 0.3 is 12.2 Å². The lowest BCUT2D eigenvalue weighted by Crippen LogP contribution is -2.43. The van der Waals surface area contributed by atoms with Gasteiger partial charge in [-0.1, -0.05) is 37.5 Å². The Balaban J connectivity index is 1.84. The molecule has 0 radical (unpaired) electrons. The summed E-state index contributed by atoms with van der Waals surface area (Å²) in [7, 11) is -1.42. The van der Waals surface area contributed by atoms with E-state index in [9.17, 15) is 24.8 Å². The Kier molecular flexibility index (Phi) is 9.47. The first kappa shape index (κ1) is 30.5. The Bertz CT molecular complexity index is 1320. The van der Waals surface area contributed by atoms with E-state index in [4.69, 9.17) is 4.74 Å². The molecule has 1 heterocycles. The van der Waals surface area contributed by atoms with Crippen LogP contribution in [0.15, 0.2) is 42.5 Å². The molecule has 2 aromatic rings. The van der Waals surface area contributed by atoms with Crippen LogP contribution in [-0.4, -0.2) is 66.5 Å². The molecule has 1 fully saturated rings. The van der Waals surface area contributed by atoms with E-state index in [1.54, 1.807) is 51.1 Å². The van der Waals surface area contributed by atoms with Gasteiger partial charge in [0.15, 0.2) is 0 Å². The molecule has 0 aromatic heterocycles. The van der Waals surface area contributed by atoms with Gasteiger partial charge < -0.3 is 19.6 Å². The molecule has 2 N–H and O–H groups in total. The molecule has 0 spiro atoms. The highest BCUT2D eigenvalue weighted by molar-refractivity contribution is 6.76. The van der Waals surface area contributed by atoms with Crippen LogP contribution in [0.2, 0.25) is 25.7 Å². The molecule has 1 atom stereocenters. The third-order valence-electron chi connectivity index (χ3n) is 6.33. The molecule has 1 aliphatic heterocycles. The Morgan fingerprint density at radius 3 is 2.55 bits per heavy atom. The third-order valence-corrected chi connectivity index (χ3v) is 8.06. The van der Waals surface area contributed by atoms with Gasteiger partial charge in [-0.05, 0) is 57.5 Å². The van der Waals surface area contributed by atoms with E-state index in [0.29, 0.717) is 42.9 Å². The molecular formula is C29H38N4O6Si. The van der Waals surface area contributed by atoms with Crippen molar-refractivity contribution < 1.29 is 24.4 Å². The van der Waals surface area contributed by atoms with Crippen LogP contribution in [0.1, 0.15) is 38.3 Å². The highest BCUT2D eigenvalue weighted by atomic mass is 28.3. The van der Waals surface area contributed by atoms with Crippen LogP contribution < -0.4 is 10.2 Å². The van der Waals surface area contributed by atoms with Crippen molar-refractivity contribution in [3.05, 3.63) is 63.7 Å². The number of rotatable bonds is 7. The average molecular weight is 567 g/mol. The smallest absolute Gasteiger partial charge is 0.412 e. The fraction of sp³-hybridized carbons (Fsp3) is 0.448. The maximum atomic E-state index is 12.1. The third kappa shape index (κ3) is 9.02. The summed E-state index contributed by atoms with van der Waals surface area (Å²) in [6.45, 7) is 13.6. The summed E-state index contributed by atoms with van der Waals surface area (Å²) in [5.74, 6) is 6.12. The summed E-state index contributed by atoms with van der Waals surface area (Å²) >= 11 is 0. The molecule has 1 aliphatic rings. The van der Waals surface area contributed by atoms with Crippen molar-refractivity contribution in [3.8, 4) is 11.8 Å². The molecule has 3 rings (SSSR count). The molecule has 1 saturated heterocycles. The molecule has 40 heavy (non-hydrogen) atoms. The number of nitro groups is 1. The fourth-order valence-corrected chi connectivity index (χ4v) is 5.27. The molecule has 0 bridgehead atoms. The zero-order valence-electron chi connectivity index (χ0n) is 24.0. The Morgan fingerprint density at radius 1 is 1.20 bits per heavy atom. The molecule has 2 amide bonds. The number of non-ortho nitro benzene ring substituents is 1. The monoisotopic (exact) mass is 566 g/mol. The second-order valence-corrected chi connectivity index (χ2v) is 17.7. The second-order valence-electron chi connectivity index (χ2n) is 12.1. The number of benzene rings is 2. The molecule has 0 saturated carbocycles. The maximum absolute atomic E-state index is 12.1. The number of nitro benzene ring substituents is 1. The quantitative estimate of drug-likeness (QED) is 0.176. The number of nitrogens with one attached hydrogen (secondary N) is 1. The summed E-state index contributed by atoms with van der Waals surface area (Å²) in [6, 6.07) is 12.2. The minimum Gasteiger partial charge on any atom is -0.465 e. The van der Waals surface area contributed by atoms with Gasteiger partial charge in [0.25, 0.3) is 5.69 Å². The van der Waals surface area contributed by atoms with Gasteiger partial charge in [0.2, 0.25) is 0 Å². The van der Waals surface area contributed by atoms with Gasteiger partial charge in [-0.15, -0.1) is 0 Å². The fourth-order valence-electron chi connectivity index (χ4n) is 4.35. The number of carbonyl (C=O) groups is 2. The van der Waals surface area contributed by atoms with Gasteiger partial charge in [-0.25, -0.2) is 9.59 Å². The molecule has 0 aliphatic carbocycles. The van der Waals surface area contributed by atoms with Crippen LogP contribution in [0.5, 0.6) is 0 Å². The van der Waals surface area contributed by atoms with Gasteiger partial charge in [0.05, 0.1) is 22.2 Å². The Labute approximate surface area is 236 Å². The summed E-state index contributed by atoms with van der Waals surface area (Å²) < 4.78 is 5.30. The predicted molar refractivity (Wildman–Crippen MR) is 159 cm³/mol. The summed E-state index contributed by atoms with van der Waals surface area (Å²) in [4.78, 5) is 38.8. The van der Waals surface area contributed by atoms with Crippen molar-refractivity contribution in [1.29, 1.82) is 0 Å². The zero-order chi connectivity index (χ0) is 29.7. The zero-order valence-corrected chi connectivity index (χ0v) is 25.0. The van der Waals surface area contributed by atoms with E-state index >= 15 is 0 Å². The Morgan fingerprint density at radius 2 is 1.93 bits per heavy atom. The number of ether oxygens (including phenoxy) is 1. The summed E-state index contributed by atoms with van der Waals surface area (Å²) in [5, 5.41) is 24.1. The highest BCUT2D eigenvalue weighted by Crippen LogP contribution is 2.30. The van der Waals surface area contributed by atoms with Crippen molar-refractivity contribution >= 4 is 37.3 Å². The Hall–Kier alpha value is -4.04.